The molecule has 0 radical (unpaired) electrons. The summed E-state index contributed by atoms with van der Waals surface area (Å²) in [5.41, 5.74) is 4.80. The number of benzene rings is 1. The number of rotatable bonds is 5. The van der Waals surface area contributed by atoms with E-state index in [1.165, 1.54) is 23.3 Å². The van der Waals surface area contributed by atoms with E-state index in [9.17, 15) is 10.1 Å². The molecule has 0 bridgehead atoms. The molecule has 0 saturated heterocycles. The molecule has 3 rings (SSSR count). The number of anilines is 1. The molecular weight excluding hydrogens is 326 g/mol. The summed E-state index contributed by atoms with van der Waals surface area (Å²) in [6.45, 7) is 3.72. The van der Waals surface area contributed by atoms with Crippen molar-refractivity contribution in [2.45, 2.75) is 13.8 Å². The van der Waals surface area contributed by atoms with E-state index in [0.717, 1.165) is 11.1 Å². The van der Waals surface area contributed by atoms with Crippen molar-refractivity contribution in [3.63, 3.8) is 0 Å². The van der Waals surface area contributed by atoms with Gasteiger partial charge in [-0.05, 0) is 43.2 Å². The fraction of sp³-hybridized carbons (Fsp3) is 0.133. The Labute approximate surface area is 142 Å². The van der Waals surface area contributed by atoms with E-state index in [0.29, 0.717) is 17.1 Å². The molecule has 0 spiro atoms. The number of aromatic nitrogens is 3. The first-order valence-corrected chi connectivity index (χ1v) is 7.25. The molecule has 1 aromatic carbocycles. The number of nitro groups is 1. The molecule has 0 amide bonds. The second kappa shape index (κ2) is 6.43. The van der Waals surface area contributed by atoms with Crippen LogP contribution in [0.1, 0.15) is 16.9 Å². The van der Waals surface area contributed by atoms with E-state index < -0.39 is 4.92 Å². The lowest BCUT2D eigenvalue weighted by molar-refractivity contribution is -0.384. The van der Waals surface area contributed by atoms with E-state index in [1.54, 1.807) is 18.2 Å². The number of nitrogens with one attached hydrogen (secondary N) is 1. The van der Waals surface area contributed by atoms with Crippen molar-refractivity contribution >= 4 is 17.9 Å². The van der Waals surface area contributed by atoms with Crippen molar-refractivity contribution in [3.8, 4) is 11.3 Å². The summed E-state index contributed by atoms with van der Waals surface area (Å²) in [4.78, 5) is 10.9. The minimum Gasteiger partial charge on any atom is -0.455 e. The van der Waals surface area contributed by atoms with Crippen molar-refractivity contribution in [2.75, 3.05) is 11.3 Å². The molecule has 0 atom stereocenters. The van der Waals surface area contributed by atoms with Crippen LogP contribution in [0.2, 0.25) is 0 Å². The Morgan fingerprint density at radius 2 is 2.12 bits per heavy atom. The minimum atomic E-state index is -0.423. The van der Waals surface area contributed by atoms with Gasteiger partial charge in [-0.2, -0.15) is 5.10 Å². The predicted molar refractivity (Wildman–Crippen MR) is 91.7 cm³/mol. The quantitative estimate of drug-likeness (QED) is 0.314. The number of hydrogen-bond acceptors (Lipinski definition) is 8. The molecular formula is C15H15N7O3. The summed E-state index contributed by atoms with van der Waals surface area (Å²) in [6.07, 6.45) is 2.73. The van der Waals surface area contributed by atoms with Crippen molar-refractivity contribution in [1.82, 2.24) is 14.9 Å². The second-order valence-corrected chi connectivity index (χ2v) is 5.34. The van der Waals surface area contributed by atoms with E-state index in [2.05, 4.69) is 20.7 Å². The van der Waals surface area contributed by atoms with E-state index >= 15 is 0 Å². The fourth-order valence-electron chi connectivity index (χ4n) is 2.19. The van der Waals surface area contributed by atoms with Crippen molar-refractivity contribution in [2.24, 2.45) is 5.10 Å². The lowest BCUT2D eigenvalue weighted by Gasteiger charge is -2.04. The highest BCUT2D eigenvalue weighted by atomic mass is 16.6. The maximum atomic E-state index is 11.3. The molecule has 2 aromatic heterocycles. The van der Waals surface area contributed by atoms with Crippen LogP contribution in [-0.2, 0) is 0 Å². The first-order chi connectivity index (χ1) is 12.0. The predicted octanol–water partition coefficient (Wildman–Crippen LogP) is 2.22. The van der Waals surface area contributed by atoms with Gasteiger partial charge < -0.3 is 10.3 Å². The van der Waals surface area contributed by atoms with E-state index in [1.807, 2.05) is 13.8 Å². The van der Waals surface area contributed by atoms with Crippen LogP contribution in [0.5, 0.6) is 0 Å². The van der Waals surface area contributed by atoms with Gasteiger partial charge in [0.2, 0.25) is 0 Å². The molecule has 10 heteroatoms. The van der Waals surface area contributed by atoms with E-state index in [-0.39, 0.29) is 11.6 Å². The summed E-state index contributed by atoms with van der Waals surface area (Å²) >= 11 is 0. The summed E-state index contributed by atoms with van der Waals surface area (Å²) in [5, 5.41) is 22.5. The number of hydrogen-bond donors (Lipinski definition) is 2. The lowest BCUT2D eigenvalue weighted by atomic mass is 10.0. The molecule has 3 N–H and O–H groups in total. The molecule has 2 heterocycles. The van der Waals surface area contributed by atoms with Gasteiger partial charge in [0.15, 0.2) is 0 Å². The topological polar surface area (TPSA) is 137 Å². The minimum absolute atomic E-state index is 0.00435. The second-order valence-electron chi connectivity index (χ2n) is 5.34. The zero-order valence-corrected chi connectivity index (χ0v) is 13.5. The van der Waals surface area contributed by atoms with Crippen LogP contribution in [0.4, 0.5) is 11.6 Å². The number of nitrogens with zero attached hydrogens (tertiary/aromatic N) is 5. The largest absolute Gasteiger partial charge is 0.455 e. The number of nitrogen functional groups attached to an aromatic ring is 1. The number of nitrogens with two attached hydrogens (primary N) is 1. The number of nitro benzene ring substituents is 1. The Morgan fingerprint density at radius 1 is 1.36 bits per heavy atom. The standard InChI is InChI=1S/C15H15N7O3/c1-9-5-12(13(22(23)24)6-10(9)2)14-4-3-11(25-14)7-17-19-15-20-18-8-21(15)16/h3-8H,16H2,1-2H3,(H,19,20)/b17-7-. The van der Waals surface area contributed by atoms with Gasteiger partial charge in [-0.1, -0.05) is 0 Å². The first kappa shape index (κ1) is 16.2. The van der Waals surface area contributed by atoms with Crippen LogP contribution < -0.4 is 11.3 Å². The Bertz CT molecular complexity index is 958. The summed E-state index contributed by atoms with van der Waals surface area (Å²) in [5.74, 6) is 6.60. The van der Waals surface area contributed by atoms with Crippen LogP contribution >= 0.6 is 0 Å². The third-order valence-corrected chi connectivity index (χ3v) is 3.63. The molecule has 0 saturated carbocycles. The highest BCUT2D eigenvalue weighted by Gasteiger charge is 2.19. The van der Waals surface area contributed by atoms with Crippen molar-refractivity contribution in [1.29, 1.82) is 0 Å². The van der Waals surface area contributed by atoms with Crippen molar-refractivity contribution in [3.05, 3.63) is 57.6 Å². The Morgan fingerprint density at radius 3 is 2.80 bits per heavy atom. The molecule has 0 aliphatic carbocycles. The molecule has 128 valence electrons. The van der Waals surface area contributed by atoms with Gasteiger partial charge in [0.05, 0.1) is 16.7 Å². The average molecular weight is 341 g/mol. The van der Waals surface area contributed by atoms with Gasteiger partial charge in [0.25, 0.3) is 11.6 Å². The summed E-state index contributed by atoms with van der Waals surface area (Å²) < 4.78 is 6.81. The van der Waals surface area contributed by atoms with Crippen LogP contribution in [0, 0.1) is 24.0 Å². The molecule has 25 heavy (non-hydrogen) atoms. The molecule has 0 aliphatic rings. The highest BCUT2D eigenvalue weighted by molar-refractivity contribution is 5.79. The van der Waals surface area contributed by atoms with Crippen LogP contribution in [0.3, 0.4) is 0 Å². The molecule has 0 fully saturated rings. The summed E-state index contributed by atoms with van der Waals surface area (Å²) in [6, 6.07) is 6.59. The SMILES string of the molecule is Cc1cc(-c2ccc(/C=N\Nc3nncn3N)o2)c([N+](=O)[O-])cc1C. The Balaban J connectivity index is 1.85. The van der Waals surface area contributed by atoms with Crippen LogP contribution in [0.25, 0.3) is 11.3 Å². The number of aryl methyl sites for hydroxylation is 2. The first-order valence-electron chi connectivity index (χ1n) is 7.25. The van der Waals surface area contributed by atoms with Crippen LogP contribution in [-0.4, -0.2) is 26.0 Å². The molecule has 0 unspecified atom stereocenters. The Hall–Kier alpha value is -3.69. The normalized spacial score (nSPS) is 11.1. The maximum absolute atomic E-state index is 11.3. The number of hydrazone groups is 1. The smallest absolute Gasteiger partial charge is 0.280 e. The Kier molecular flexibility index (Phi) is 4.16. The summed E-state index contributed by atoms with van der Waals surface area (Å²) in [7, 11) is 0. The zero-order chi connectivity index (χ0) is 18.0. The maximum Gasteiger partial charge on any atom is 0.280 e. The van der Waals surface area contributed by atoms with Gasteiger partial charge in [-0.3, -0.25) is 10.1 Å². The third-order valence-electron chi connectivity index (χ3n) is 3.63. The highest BCUT2D eigenvalue weighted by Crippen LogP contribution is 2.33. The van der Waals surface area contributed by atoms with Crippen molar-refractivity contribution < 1.29 is 9.34 Å². The zero-order valence-electron chi connectivity index (χ0n) is 13.5. The van der Waals surface area contributed by atoms with Gasteiger partial charge in [-0.15, -0.1) is 10.2 Å². The third kappa shape index (κ3) is 3.32. The molecule has 10 nitrogen and oxygen atoms in total. The lowest BCUT2D eigenvalue weighted by Crippen LogP contribution is -2.10. The van der Waals surface area contributed by atoms with Gasteiger partial charge in [0, 0.05) is 6.07 Å². The number of furan rings is 1. The molecule has 0 aliphatic heterocycles. The van der Waals surface area contributed by atoms with E-state index in [4.69, 9.17) is 10.3 Å². The van der Waals surface area contributed by atoms with Gasteiger partial charge >= 0.3 is 0 Å². The average Bonchev–Trinajstić information content (AvgIpc) is 3.19. The monoisotopic (exact) mass is 341 g/mol. The van der Waals surface area contributed by atoms with Crippen LogP contribution in [0.15, 0.2) is 40.1 Å². The van der Waals surface area contributed by atoms with Gasteiger partial charge in [-0.25, -0.2) is 10.1 Å². The fourth-order valence-corrected chi connectivity index (χ4v) is 2.19. The van der Waals surface area contributed by atoms with Gasteiger partial charge in [0.1, 0.15) is 17.8 Å². The molecule has 3 aromatic rings.